The van der Waals surface area contributed by atoms with Crippen molar-refractivity contribution in [2.24, 2.45) is 0 Å². The number of aromatic nitrogens is 1. The van der Waals surface area contributed by atoms with E-state index < -0.39 is 0 Å². The van der Waals surface area contributed by atoms with E-state index in [4.69, 9.17) is 0 Å². The van der Waals surface area contributed by atoms with E-state index in [2.05, 4.69) is 4.98 Å². The molecule has 1 aliphatic rings. The summed E-state index contributed by atoms with van der Waals surface area (Å²) < 4.78 is 0. The molecule has 0 aliphatic heterocycles. The number of fused-ring (bicyclic) bond motifs is 3. The Bertz CT molecular complexity index is 570. The molecule has 3 rings (SSSR count). The number of hydrogen-bond donors (Lipinski definition) is 0. The second kappa shape index (κ2) is 2.51. The number of benzene rings is 1. The molecule has 0 N–H and O–H groups in total. The number of para-hydroxylation sites is 1. The van der Waals surface area contributed by atoms with E-state index >= 15 is 0 Å². The van der Waals surface area contributed by atoms with Crippen molar-refractivity contribution in [2.75, 3.05) is 0 Å². The van der Waals surface area contributed by atoms with Crippen molar-refractivity contribution >= 4 is 22.8 Å². The van der Waals surface area contributed by atoms with Crippen LogP contribution in [-0.2, 0) is 0 Å². The zero-order valence-corrected chi connectivity index (χ0v) is 7.40. The van der Waals surface area contributed by atoms with Crippen LogP contribution in [-0.4, -0.2) is 10.8 Å². The Morgan fingerprint density at radius 2 is 1.93 bits per heavy atom. The molecule has 2 aromatic rings. The molecule has 0 saturated carbocycles. The van der Waals surface area contributed by atoms with Gasteiger partial charge in [0.05, 0.1) is 5.52 Å². The zero-order valence-electron chi connectivity index (χ0n) is 7.40. The third-order valence-corrected chi connectivity index (χ3v) is 2.48. The fourth-order valence-corrected chi connectivity index (χ4v) is 1.79. The fraction of sp³-hybridized carbons (Fsp3) is 0. The predicted molar refractivity (Wildman–Crippen MR) is 55.1 cm³/mol. The lowest BCUT2D eigenvalue weighted by molar-refractivity contribution is 0.105. The van der Waals surface area contributed by atoms with Crippen molar-refractivity contribution in [3.63, 3.8) is 0 Å². The lowest BCUT2D eigenvalue weighted by Crippen LogP contribution is -1.93. The molecule has 0 bridgehead atoms. The van der Waals surface area contributed by atoms with Gasteiger partial charge in [0.25, 0.3) is 0 Å². The van der Waals surface area contributed by atoms with Gasteiger partial charge >= 0.3 is 0 Å². The molecule has 14 heavy (non-hydrogen) atoms. The molecule has 0 fully saturated rings. The summed E-state index contributed by atoms with van der Waals surface area (Å²) in [5.41, 5.74) is 2.65. The Balaban J connectivity index is 2.49. The van der Waals surface area contributed by atoms with Gasteiger partial charge in [0.15, 0.2) is 5.78 Å². The highest BCUT2D eigenvalue weighted by atomic mass is 16.1. The SMILES string of the molecule is O=C1C=Cc2c1cnc1ccccc21. The monoisotopic (exact) mass is 181 g/mol. The molecule has 2 heteroatoms. The number of carbonyl (C=O) groups excluding carboxylic acids is 1. The van der Waals surface area contributed by atoms with Gasteiger partial charge in [-0.15, -0.1) is 0 Å². The van der Waals surface area contributed by atoms with Gasteiger partial charge in [0.2, 0.25) is 0 Å². The first kappa shape index (κ1) is 7.44. The number of carbonyl (C=O) groups is 1. The van der Waals surface area contributed by atoms with E-state index in [0.29, 0.717) is 5.56 Å². The van der Waals surface area contributed by atoms with Gasteiger partial charge in [-0.05, 0) is 23.8 Å². The summed E-state index contributed by atoms with van der Waals surface area (Å²) in [7, 11) is 0. The van der Waals surface area contributed by atoms with Gasteiger partial charge in [-0.2, -0.15) is 0 Å². The second-order valence-electron chi connectivity index (χ2n) is 3.30. The quantitative estimate of drug-likeness (QED) is 0.624. The second-order valence-corrected chi connectivity index (χ2v) is 3.30. The number of hydrogen-bond acceptors (Lipinski definition) is 2. The van der Waals surface area contributed by atoms with Crippen molar-refractivity contribution in [3.05, 3.63) is 47.7 Å². The molecule has 1 heterocycles. The van der Waals surface area contributed by atoms with E-state index in [0.717, 1.165) is 16.5 Å². The summed E-state index contributed by atoms with van der Waals surface area (Å²) in [6.45, 7) is 0. The van der Waals surface area contributed by atoms with Gasteiger partial charge < -0.3 is 0 Å². The largest absolute Gasteiger partial charge is 0.289 e. The highest BCUT2D eigenvalue weighted by molar-refractivity contribution is 6.17. The molecule has 1 aliphatic carbocycles. The van der Waals surface area contributed by atoms with Crippen molar-refractivity contribution < 1.29 is 4.79 Å². The molecule has 0 spiro atoms. The van der Waals surface area contributed by atoms with E-state index in [1.165, 1.54) is 0 Å². The van der Waals surface area contributed by atoms with Crippen LogP contribution in [0.25, 0.3) is 17.0 Å². The first-order chi connectivity index (χ1) is 6.86. The minimum atomic E-state index is 0.0539. The summed E-state index contributed by atoms with van der Waals surface area (Å²) in [4.78, 5) is 15.6. The van der Waals surface area contributed by atoms with E-state index in [-0.39, 0.29) is 5.78 Å². The van der Waals surface area contributed by atoms with Crippen LogP contribution < -0.4 is 0 Å². The van der Waals surface area contributed by atoms with Crippen LogP contribution in [0.2, 0.25) is 0 Å². The minimum Gasteiger partial charge on any atom is -0.289 e. The van der Waals surface area contributed by atoms with Crippen LogP contribution in [0.3, 0.4) is 0 Å². The lowest BCUT2D eigenvalue weighted by atomic mass is 10.1. The van der Waals surface area contributed by atoms with Crippen LogP contribution in [0.1, 0.15) is 15.9 Å². The van der Waals surface area contributed by atoms with Crippen molar-refractivity contribution in [2.45, 2.75) is 0 Å². The molecule has 1 aromatic carbocycles. The van der Waals surface area contributed by atoms with E-state index in [1.54, 1.807) is 12.3 Å². The number of nitrogens with zero attached hydrogens (tertiary/aromatic N) is 1. The number of ketones is 1. The molecule has 1 aromatic heterocycles. The summed E-state index contributed by atoms with van der Waals surface area (Å²) in [5.74, 6) is 0.0539. The summed E-state index contributed by atoms with van der Waals surface area (Å²) in [5, 5.41) is 1.05. The Morgan fingerprint density at radius 1 is 1.07 bits per heavy atom. The van der Waals surface area contributed by atoms with Crippen molar-refractivity contribution in [1.82, 2.24) is 4.98 Å². The molecular weight excluding hydrogens is 174 g/mol. The lowest BCUT2D eigenvalue weighted by Gasteiger charge is -2.01. The van der Waals surface area contributed by atoms with Crippen LogP contribution in [0.4, 0.5) is 0 Å². The van der Waals surface area contributed by atoms with E-state index in [1.807, 2.05) is 30.3 Å². The van der Waals surface area contributed by atoms with Crippen LogP contribution in [0.5, 0.6) is 0 Å². The summed E-state index contributed by atoms with van der Waals surface area (Å²) in [6.07, 6.45) is 5.11. The first-order valence-electron chi connectivity index (χ1n) is 4.46. The normalized spacial score (nSPS) is 13.6. The average Bonchev–Trinajstić information content (AvgIpc) is 2.61. The highest BCUT2D eigenvalue weighted by Gasteiger charge is 2.16. The maximum Gasteiger partial charge on any atom is 0.188 e. The van der Waals surface area contributed by atoms with Crippen molar-refractivity contribution in [1.29, 1.82) is 0 Å². The molecule has 66 valence electrons. The Morgan fingerprint density at radius 3 is 2.86 bits per heavy atom. The molecule has 0 radical (unpaired) electrons. The van der Waals surface area contributed by atoms with Crippen LogP contribution in [0.15, 0.2) is 36.5 Å². The van der Waals surface area contributed by atoms with Crippen molar-refractivity contribution in [3.8, 4) is 0 Å². The zero-order chi connectivity index (χ0) is 9.54. The molecule has 0 saturated heterocycles. The Hall–Kier alpha value is -1.96. The molecule has 0 unspecified atom stereocenters. The number of pyridine rings is 1. The van der Waals surface area contributed by atoms with Gasteiger partial charge in [-0.1, -0.05) is 18.2 Å². The average molecular weight is 181 g/mol. The van der Waals surface area contributed by atoms with Gasteiger partial charge in [0, 0.05) is 17.1 Å². The standard InChI is InChI=1S/C12H7NO/c14-12-6-5-8-9-3-1-2-4-11(9)13-7-10(8)12/h1-7H. The third-order valence-electron chi connectivity index (χ3n) is 2.48. The molecule has 0 atom stereocenters. The Kier molecular flexibility index (Phi) is 1.34. The minimum absolute atomic E-state index is 0.0539. The summed E-state index contributed by atoms with van der Waals surface area (Å²) >= 11 is 0. The van der Waals surface area contributed by atoms with Gasteiger partial charge in [-0.25, -0.2) is 0 Å². The fourth-order valence-electron chi connectivity index (χ4n) is 1.79. The highest BCUT2D eigenvalue weighted by Crippen LogP contribution is 2.26. The molecule has 0 amide bonds. The van der Waals surface area contributed by atoms with E-state index in [9.17, 15) is 4.79 Å². The Labute approximate surface area is 80.9 Å². The summed E-state index contributed by atoms with van der Waals surface area (Å²) in [6, 6.07) is 7.85. The maximum absolute atomic E-state index is 11.4. The predicted octanol–water partition coefficient (Wildman–Crippen LogP) is 2.44. The van der Waals surface area contributed by atoms with Crippen LogP contribution >= 0.6 is 0 Å². The van der Waals surface area contributed by atoms with Crippen LogP contribution in [0, 0.1) is 0 Å². The van der Waals surface area contributed by atoms with Gasteiger partial charge in [-0.3, -0.25) is 9.78 Å². The maximum atomic E-state index is 11.4. The topological polar surface area (TPSA) is 30.0 Å². The number of rotatable bonds is 0. The van der Waals surface area contributed by atoms with Gasteiger partial charge in [0.1, 0.15) is 0 Å². The molecular formula is C12H7NO. The third kappa shape index (κ3) is 0.852. The molecule has 2 nitrogen and oxygen atoms in total. The first-order valence-corrected chi connectivity index (χ1v) is 4.46. The smallest absolute Gasteiger partial charge is 0.188 e. The number of allylic oxidation sites excluding steroid dienone is 1.